The van der Waals surface area contributed by atoms with Crippen molar-refractivity contribution < 1.29 is 9.53 Å². The Bertz CT molecular complexity index is 456. The first-order valence-corrected chi connectivity index (χ1v) is 5.85. The predicted molar refractivity (Wildman–Crippen MR) is 67.6 cm³/mol. The molecule has 1 aliphatic heterocycles. The number of nitrogens with two attached hydrogens (primary N) is 1. The van der Waals surface area contributed by atoms with Gasteiger partial charge in [0.1, 0.15) is 17.2 Å². The van der Waals surface area contributed by atoms with Crippen molar-refractivity contribution in [3.8, 4) is 0 Å². The quantitative estimate of drug-likeness (QED) is 0.820. The second kappa shape index (κ2) is 5.26. The van der Waals surface area contributed by atoms with Crippen molar-refractivity contribution in [3.05, 3.63) is 11.3 Å². The highest BCUT2D eigenvalue weighted by molar-refractivity contribution is 6.35. The molecule has 1 atom stereocenters. The minimum absolute atomic E-state index is 0.0182. The first-order chi connectivity index (χ1) is 8.61. The number of carbonyl (C=O) groups excluding carboxylic acids is 1. The van der Waals surface area contributed by atoms with Crippen molar-refractivity contribution in [2.24, 2.45) is 0 Å². The Balaban J connectivity index is 2.04. The normalized spacial score (nSPS) is 18.8. The molecule has 7 nitrogen and oxygen atoms in total. The first-order valence-electron chi connectivity index (χ1n) is 5.47. The summed E-state index contributed by atoms with van der Waals surface area (Å²) in [5.41, 5.74) is 5.63. The van der Waals surface area contributed by atoms with Crippen molar-refractivity contribution in [3.63, 3.8) is 0 Å². The summed E-state index contributed by atoms with van der Waals surface area (Å²) >= 11 is 6.05. The summed E-state index contributed by atoms with van der Waals surface area (Å²) in [5, 5.41) is 3.09. The summed E-state index contributed by atoms with van der Waals surface area (Å²) in [6.07, 6.45) is 1.74. The van der Waals surface area contributed by atoms with E-state index in [-0.39, 0.29) is 11.9 Å². The molecule has 0 bridgehead atoms. The number of aromatic nitrogens is 2. The molecule has 1 amide bonds. The van der Waals surface area contributed by atoms with E-state index in [1.165, 1.54) is 13.4 Å². The maximum Gasteiger partial charge on any atom is 0.407 e. The van der Waals surface area contributed by atoms with E-state index in [2.05, 4.69) is 20.0 Å². The van der Waals surface area contributed by atoms with E-state index >= 15 is 0 Å². The number of alkyl carbamates (subject to hydrolysis) is 1. The van der Waals surface area contributed by atoms with Crippen molar-refractivity contribution in [1.29, 1.82) is 0 Å². The monoisotopic (exact) mass is 271 g/mol. The van der Waals surface area contributed by atoms with Gasteiger partial charge in [0, 0.05) is 13.1 Å². The number of methoxy groups -OCH3 is 1. The van der Waals surface area contributed by atoms with Gasteiger partial charge in [-0.15, -0.1) is 0 Å². The number of rotatable bonds is 2. The lowest BCUT2D eigenvalue weighted by molar-refractivity contribution is 0.167. The average Bonchev–Trinajstić information content (AvgIpc) is 2.80. The Kier molecular flexibility index (Phi) is 3.71. The number of amides is 1. The van der Waals surface area contributed by atoms with Gasteiger partial charge in [0.05, 0.1) is 13.2 Å². The van der Waals surface area contributed by atoms with Gasteiger partial charge < -0.3 is 20.7 Å². The molecule has 2 rings (SSSR count). The van der Waals surface area contributed by atoms with E-state index < -0.39 is 6.09 Å². The molecule has 1 aromatic heterocycles. The van der Waals surface area contributed by atoms with Crippen LogP contribution in [0.25, 0.3) is 0 Å². The molecule has 8 heteroatoms. The first kappa shape index (κ1) is 12.7. The van der Waals surface area contributed by atoms with Gasteiger partial charge in [0.2, 0.25) is 0 Å². The third kappa shape index (κ3) is 2.56. The molecule has 1 aliphatic rings. The topological polar surface area (TPSA) is 93.4 Å². The van der Waals surface area contributed by atoms with Crippen molar-refractivity contribution >= 4 is 29.3 Å². The van der Waals surface area contributed by atoms with Crippen LogP contribution in [0.4, 0.5) is 16.4 Å². The molecule has 0 aliphatic carbocycles. The van der Waals surface area contributed by atoms with Crippen LogP contribution in [-0.2, 0) is 4.74 Å². The van der Waals surface area contributed by atoms with Crippen LogP contribution < -0.4 is 16.0 Å². The van der Waals surface area contributed by atoms with Gasteiger partial charge >= 0.3 is 6.09 Å². The Labute approximate surface area is 109 Å². The number of hydrogen-bond acceptors (Lipinski definition) is 6. The van der Waals surface area contributed by atoms with Crippen molar-refractivity contribution in [2.75, 3.05) is 30.8 Å². The van der Waals surface area contributed by atoms with Crippen molar-refractivity contribution in [1.82, 2.24) is 15.3 Å². The smallest absolute Gasteiger partial charge is 0.407 e. The Morgan fingerprint density at radius 1 is 1.67 bits per heavy atom. The lowest BCUT2D eigenvalue weighted by Crippen LogP contribution is -2.37. The van der Waals surface area contributed by atoms with Gasteiger partial charge in [-0.1, -0.05) is 11.6 Å². The van der Waals surface area contributed by atoms with Gasteiger partial charge in [-0.2, -0.15) is 0 Å². The molecule has 3 N–H and O–H groups in total. The van der Waals surface area contributed by atoms with Crippen LogP contribution in [0.3, 0.4) is 0 Å². The fraction of sp³-hybridized carbons (Fsp3) is 0.500. The molecule has 0 aromatic carbocycles. The molecule has 98 valence electrons. The highest BCUT2D eigenvalue weighted by Crippen LogP contribution is 2.29. The molecule has 0 radical (unpaired) electrons. The summed E-state index contributed by atoms with van der Waals surface area (Å²) in [7, 11) is 1.34. The van der Waals surface area contributed by atoms with Crippen molar-refractivity contribution in [2.45, 2.75) is 12.5 Å². The van der Waals surface area contributed by atoms with Gasteiger partial charge in [-0.05, 0) is 6.42 Å². The lowest BCUT2D eigenvalue weighted by Gasteiger charge is -2.19. The van der Waals surface area contributed by atoms with Crippen LogP contribution in [0.5, 0.6) is 0 Å². The number of carbonyl (C=O) groups is 1. The van der Waals surface area contributed by atoms with Gasteiger partial charge in [-0.3, -0.25) is 0 Å². The zero-order valence-corrected chi connectivity index (χ0v) is 10.6. The number of anilines is 2. The predicted octanol–water partition coefficient (Wildman–Crippen LogP) is 0.647. The number of ether oxygens (including phenoxy) is 1. The number of nitrogens with one attached hydrogen (secondary N) is 1. The molecule has 1 fully saturated rings. The standard InChI is InChI=1S/C10H14ClN5O2/c1-18-10(17)15-6-2-3-16(4-6)9-7(11)8(12)13-5-14-9/h5-6H,2-4H2,1H3,(H,15,17)(H2,12,13,14). The minimum Gasteiger partial charge on any atom is -0.453 e. The second-order valence-corrected chi connectivity index (χ2v) is 4.34. The fourth-order valence-corrected chi connectivity index (χ4v) is 2.11. The van der Waals surface area contributed by atoms with Crippen LogP contribution in [0.1, 0.15) is 6.42 Å². The van der Waals surface area contributed by atoms with Gasteiger partial charge in [0.15, 0.2) is 5.82 Å². The van der Waals surface area contributed by atoms with Gasteiger partial charge in [0.25, 0.3) is 0 Å². The highest BCUT2D eigenvalue weighted by Gasteiger charge is 2.26. The maximum absolute atomic E-state index is 11.1. The molecule has 1 unspecified atom stereocenters. The van der Waals surface area contributed by atoms with Crippen LogP contribution >= 0.6 is 11.6 Å². The molecule has 0 saturated carbocycles. The Morgan fingerprint density at radius 3 is 3.17 bits per heavy atom. The third-order valence-electron chi connectivity index (χ3n) is 2.79. The van der Waals surface area contributed by atoms with Gasteiger partial charge in [-0.25, -0.2) is 14.8 Å². The summed E-state index contributed by atoms with van der Waals surface area (Å²) in [4.78, 5) is 21.0. The Hall–Kier alpha value is -1.76. The summed E-state index contributed by atoms with van der Waals surface area (Å²) in [6.45, 7) is 1.36. The third-order valence-corrected chi connectivity index (χ3v) is 3.16. The number of nitrogen functional groups attached to an aromatic ring is 1. The SMILES string of the molecule is COC(=O)NC1CCN(c2ncnc(N)c2Cl)C1. The van der Waals surface area contributed by atoms with E-state index in [9.17, 15) is 4.79 Å². The highest BCUT2D eigenvalue weighted by atomic mass is 35.5. The molecular formula is C10H14ClN5O2. The summed E-state index contributed by atoms with van der Waals surface area (Å²) in [5.74, 6) is 0.851. The number of hydrogen-bond donors (Lipinski definition) is 2. The average molecular weight is 272 g/mol. The molecular weight excluding hydrogens is 258 g/mol. The molecule has 2 heterocycles. The van der Waals surface area contributed by atoms with Crippen LogP contribution in [-0.4, -0.2) is 42.3 Å². The molecule has 18 heavy (non-hydrogen) atoms. The minimum atomic E-state index is -0.435. The molecule has 0 spiro atoms. The van der Waals surface area contributed by atoms with Crippen LogP contribution in [0, 0.1) is 0 Å². The maximum atomic E-state index is 11.1. The van der Waals surface area contributed by atoms with E-state index in [0.29, 0.717) is 17.4 Å². The summed E-state index contributed by atoms with van der Waals surface area (Å²) < 4.78 is 4.56. The molecule has 1 saturated heterocycles. The lowest BCUT2D eigenvalue weighted by atomic mass is 10.3. The van der Waals surface area contributed by atoms with Crippen LogP contribution in [0.15, 0.2) is 6.33 Å². The zero-order valence-electron chi connectivity index (χ0n) is 9.89. The van der Waals surface area contributed by atoms with E-state index in [1.807, 2.05) is 4.90 Å². The number of nitrogens with zero attached hydrogens (tertiary/aromatic N) is 3. The number of halogens is 1. The summed E-state index contributed by atoms with van der Waals surface area (Å²) in [6, 6.07) is 0.0182. The largest absolute Gasteiger partial charge is 0.453 e. The second-order valence-electron chi connectivity index (χ2n) is 3.96. The van der Waals surface area contributed by atoms with E-state index in [4.69, 9.17) is 17.3 Å². The Morgan fingerprint density at radius 2 is 2.44 bits per heavy atom. The van der Waals surface area contributed by atoms with Crippen LogP contribution in [0.2, 0.25) is 5.02 Å². The zero-order chi connectivity index (χ0) is 13.1. The fourth-order valence-electron chi connectivity index (χ4n) is 1.89. The van der Waals surface area contributed by atoms with E-state index in [1.54, 1.807) is 0 Å². The molecule has 1 aromatic rings. The van der Waals surface area contributed by atoms with E-state index in [0.717, 1.165) is 13.0 Å².